The van der Waals surface area contributed by atoms with Gasteiger partial charge >= 0.3 is 12.1 Å². The number of aromatic carboxylic acids is 1. The molecule has 0 aliphatic carbocycles. The average Bonchev–Trinajstić information content (AvgIpc) is 2.29. The lowest BCUT2D eigenvalue weighted by Crippen LogP contribution is -2.35. The number of benzene rings is 1. The largest absolute Gasteiger partial charge is 0.507 e. The van der Waals surface area contributed by atoms with Gasteiger partial charge in [-0.1, -0.05) is 6.07 Å². The zero-order valence-electron chi connectivity index (χ0n) is 9.25. The van der Waals surface area contributed by atoms with E-state index in [0.717, 1.165) is 0 Å². The molecule has 0 aromatic heterocycles. The summed E-state index contributed by atoms with van der Waals surface area (Å²) in [6, 6.07) is 3.96. The number of hydrogen-bond donors (Lipinski definition) is 3. The van der Waals surface area contributed by atoms with Crippen molar-refractivity contribution in [2.75, 3.05) is 6.61 Å². The SMILES string of the molecule is Cl.O=C1N[C@@H](c2ccc(O)c(C(=O)O)c2)CCO1. The van der Waals surface area contributed by atoms with Gasteiger partial charge < -0.3 is 20.3 Å². The van der Waals surface area contributed by atoms with E-state index in [-0.39, 0.29) is 29.8 Å². The molecule has 0 spiro atoms. The molecule has 98 valence electrons. The molecule has 1 atom stereocenters. The van der Waals surface area contributed by atoms with Gasteiger partial charge in [0.1, 0.15) is 11.3 Å². The van der Waals surface area contributed by atoms with E-state index in [4.69, 9.17) is 9.84 Å². The monoisotopic (exact) mass is 273 g/mol. The number of carbonyl (C=O) groups excluding carboxylic acids is 1. The fraction of sp³-hybridized carbons (Fsp3) is 0.273. The first-order valence-electron chi connectivity index (χ1n) is 5.07. The predicted octanol–water partition coefficient (Wildman–Crippen LogP) is 1.68. The van der Waals surface area contributed by atoms with Crippen LogP contribution in [0, 0.1) is 0 Å². The normalized spacial score (nSPS) is 18.2. The molecular weight excluding hydrogens is 262 g/mol. The number of nitrogens with one attached hydrogen (secondary N) is 1. The number of alkyl carbamates (subject to hydrolysis) is 1. The lowest BCUT2D eigenvalue weighted by atomic mass is 10.0. The molecule has 1 aromatic carbocycles. The molecule has 1 aliphatic rings. The van der Waals surface area contributed by atoms with Crippen LogP contribution in [-0.2, 0) is 4.74 Å². The highest BCUT2D eigenvalue weighted by Gasteiger charge is 2.22. The topological polar surface area (TPSA) is 95.9 Å². The standard InChI is InChI=1S/C11H11NO5.ClH/c13-9-2-1-6(5-7(9)10(14)15)8-3-4-17-11(16)12-8;/h1-2,5,8,13H,3-4H2,(H,12,16)(H,14,15);1H/t8-;/m1./s1. The van der Waals surface area contributed by atoms with Crippen molar-refractivity contribution in [1.29, 1.82) is 0 Å². The zero-order valence-corrected chi connectivity index (χ0v) is 10.1. The molecule has 1 amide bonds. The number of carbonyl (C=O) groups is 2. The number of amides is 1. The van der Waals surface area contributed by atoms with Crippen molar-refractivity contribution in [3.05, 3.63) is 29.3 Å². The summed E-state index contributed by atoms with van der Waals surface area (Å²) >= 11 is 0. The molecule has 1 aromatic rings. The summed E-state index contributed by atoms with van der Waals surface area (Å²) in [6.45, 7) is 0.291. The Kier molecular flexibility index (Phi) is 4.38. The highest BCUT2D eigenvalue weighted by molar-refractivity contribution is 5.91. The quantitative estimate of drug-likeness (QED) is 0.762. The minimum absolute atomic E-state index is 0. The Hall–Kier alpha value is -1.95. The number of carboxylic acid groups (broad SMARTS) is 1. The first-order chi connectivity index (χ1) is 8.08. The average molecular weight is 274 g/mol. The van der Waals surface area contributed by atoms with Crippen molar-refractivity contribution in [1.82, 2.24) is 5.32 Å². The second-order valence-corrected chi connectivity index (χ2v) is 3.70. The maximum Gasteiger partial charge on any atom is 0.407 e. The van der Waals surface area contributed by atoms with Crippen molar-refractivity contribution in [2.45, 2.75) is 12.5 Å². The van der Waals surface area contributed by atoms with Crippen molar-refractivity contribution in [2.24, 2.45) is 0 Å². The lowest BCUT2D eigenvalue weighted by molar-refractivity contribution is 0.0693. The molecule has 2 rings (SSSR count). The minimum atomic E-state index is -1.21. The Morgan fingerprint density at radius 3 is 2.78 bits per heavy atom. The zero-order chi connectivity index (χ0) is 12.4. The number of aromatic hydroxyl groups is 1. The summed E-state index contributed by atoms with van der Waals surface area (Å²) < 4.78 is 4.72. The number of hydrogen-bond acceptors (Lipinski definition) is 4. The van der Waals surface area contributed by atoms with Crippen LogP contribution in [0.5, 0.6) is 5.75 Å². The summed E-state index contributed by atoms with van der Waals surface area (Å²) in [5.74, 6) is -1.50. The van der Waals surface area contributed by atoms with Crippen LogP contribution in [0.4, 0.5) is 4.79 Å². The second-order valence-electron chi connectivity index (χ2n) is 3.70. The van der Waals surface area contributed by atoms with E-state index in [1.165, 1.54) is 12.1 Å². The Balaban J connectivity index is 0.00000162. The number of carboxylic acids is 1. The van der Waals surface area contributed by atoms with Gasteiger partial charge in [-0.2, -0.15) is 0 Å². The highest BCUT2D eigenvalue weighted by atomic mass is 35.5. The number of rotatable bonds is 2. The van der Waals surface area contributed by atoms with E-state index in [1.54, 1.807) is 6.07 Å². The molecule has 6 nitrogen and oxygen atoms in total. The van der Waals surface area contributed by atoms with Crippen molar-refractivity contribution >= 4 is 24.5 Å². The minimum Gasteiger partial charge on any atom is -0.507 e. The van der Waals surface area contributed by atoms with E-state index in [1.807, 2.05) is 0 Å². The van der Waals surface area contributed by atoms with Crippen LogP contribution in [0.2, 0.25) is 0 Å². The van der Waals surface area contributed by atoms with Gasteiger partial charge in [-0.15, -0.1) is 12.4 Å². The van der Waals surface area contributed by atoms with Gasteiger partial charge in [0.15, 0.2) is 0 Å². The van der Waals surface area contributed by atoms with Crippen molar-refractivity contribution in [3.8, 4) is 5.75 Å². The molecule has 3 N–H and O–H groups in total. The number of cyclic esters (lactones) is 1. The van der Waals surface area contributed by atoms with Gasteiger partial charge in [0.05, 0.1) is 12.6 Å². The highest BCUT2D eigenvalue weighted by Crippen LogP contribution is 2.25. The van der Waals surface area contributed by atoms with Gasteiger partial charge in [0.25, 0.3) is 0 Å². The molecule has 1 aliphatic heterocycles. The Morgan fingerprint density at radius 2 is 2.17 bits per heavy atom. The molecule has 7 heteroatoms. The molecule has 0 bridgehead atoms. The molecule has 1 heterocycles. The third kappa shape index (κ3) is 2.84. The Labute approximate surface area is 109 Å². The Bertz CT molecular complexity index is 477. The van der Waals surface area contributed by atoms with Gasteiger partial charge in [-0.3, -0.25) is 0 Å². The second kappa shape index (κ2) is 5.59. The van der Waals surface area contributed by atoms with Crippen LogP contribution in [-0.4, -0.2) is 28.9 Å². The fourth-order valence-corrected chi connectivity index (χ4v) is 1.72. The molecular formula is C11H12ClNO5. The lowest BCUT2D eigenvalue weighted by Gasteiger charge is -2.23. The van der Waals surface area contributed by atoms with Crippen LogP contribution in [0.25, 0.3) is 0 Å². The van der Waals surface area contributed by atoms with E-state index in [0.29, 0.717) is 18.6 Å². The van der Waals surface area contributed by atoms with E-state index >= 15 is 0 Å². The molecule has 0 saturated carbocycles. The third-order valence-corrected chi connectivity index (χ3v) is 2.59. The molecule has 1 fully saturated rings. The summed E-state index contributed by atoms with van der Waals surface area (Å²) in [7, 11) is 0. The van der Waals surface area contributed by atoms with Crippen LogP contribution >= 0.6 is 12.4 Å². The van der Waals surface area contributed by atoms with Crippen LogP contribution in [0.1, 0.15) is 28.4 Å². The third-order valence-electron chi connectivity index (χ3n) is 2.59. The molecule has 0 radical (unpaired) electrons. The van der Waals surface area contributed by atoms with E-state index in [9.17, 15) is 14.7 Å². The van der Waals surface area contributed by atoms with Gasteiger partial charge in [-0.05, 0) is 17.7 Å². The summed E-state index contributed by atoms with van der Waals surface area (Å²) in [6.07, 6.45) is 0.0430. The summed E-state index contributed by atoms with van der Waals surface area (Å²) in [4.78, 5) is 21.9. The van der Waals surface area contributed by atoms with Crippen LogP contribution in [0.3, 0.4) is 0 Å². The number of ether oxygens (including phenoxy) is 1. The predicted molar refractivity (Wildman–Crippen MR) is 64.2 cm³/mol. The van der Waals surface area contributed by atoms with Crippen LogP contribution < -0.4 is 5.32 Å². The van der Waals surface area contributed by atoms with E-state index in [2.05, 4.69) is 5.32 Å². The molecule has 18 heavy (non-hydrogen) atoms. The maximum absolute atomic E-state index is 11.0. The maximum atomic E-state index is 11.0. The Morgan fingerprint density at radius 1 is 1.44 bits per heavy atom. The summed E-state index contributed by atoms with van der Waals surface area (Å²) in [5, 5.41) is 20.8. The molecule has 1 saturated heterocycles. The molecule has 0 unspecified atom stereocenters. The number of halogens is 1. The van der Waals surface area contributed by atoms with Gasteiger partial charge in [0.2, 0.25) is 0 Å². The van der Waals surface area contributed by atoms with E-state index < -0.39 is 12.1 Å². The van der Waals surface area contributed by atoms with Gasteiger partial charge in [-0.25, -0.2) is 9.59 Å². The fourth-order valence-electron chi connectivity index (χ4n) is 1.72. The first kappa shape index (κ1) is 14.1. The first-order valence-corrected chi connectivity index (χ1v) is 5.07. The summed E-state index contributed by atoms with van der Waals surface area (Å²) in [5.41, 5.74) is 0.458. The smallest absolute Gasteiger partial charge is 0.407 e. The van der Waals surface area contributed by atoms with Crippen LogP contribution in [0.15, 0.2) is 18.2 Å². The van der Waals surface area contributed by atoms with Crippen molar-refractivity contribution < 1.29 is 24.5 Å². The van der Waals surface area contributed by atoms with Gasteiger partial charge in [0, 0.05) is 6.42 Å². The number of phenols is 1. The van der Waals surface area contributed by atoms with Crippen molar-refractivity contribution in [3.63, 3.8) is 0 Å².